The molecule has 0 saturated carbocycles. The number of rotatable bonds is 5. The lowest BCUT2D eigenvalue weighted by Crippen LogP contribution is -2.49. The monoisotopic (exact) mass is 348 g/mol. The average Bonchev–Trinajstić information content (AvgIpc) is 3.11. The molecule has 2 heterocycles. The van der Waals surface area contributed by atoms with Crippen molar-refractivity contribution in [3.8, 4) is 5.75 Å². The van der Waals surface area contributed by atoms with Crippen LogP contribution in [0.3, 0.4) is 0 Å². The van der Waals surface area contributed by atoms with Crippen molar-refractivity contribution < 1.29 is 18.4 Å². The fraction of sp³-hybridized carbons (Fsp3) is 0.412. The number of ether oxygens (including phenoxy) is 1. The fourth-order valence-electron chi connectivity index (χ4n) is 2.71. The minimum absolute atomic E-state index is 0.182. The Hall–Kier alpha value is -2.61. The van der Waals surface area contributed by atoms with Gasteiger partial charge in [0.2, 0.25) is 0 Å². The van der Waals surface area contributed by atoms with E-state index in [0.29, 0.717) is 31.9 Å². The third kappa shape index (κ3) is 4.48. The first-order valence-electron chi connectivity index (χ1n) is 8.25. The van der Waals surface area contributed by atoms with Gasteiger partial charge >= 0.3 is 6.03 Å². The lowest BCUT2D eigenvalue weighted by Gasteiger charge is -2.34. The number of nitrogens with one attached hydrogen (secondary N) is 1. The van der Waals surface area contributed by atoms with E-state index in [4.69, 9.17) is 9.26 Å². The predicted octanol–water partition coefficient (Wildman–Crippen LogP) is 2.56. The second-order valence-electron chi connectivity index (χ2n) is 5.76. The molecular formula is C17H21FN4O3. The van der Waals surface area contributed by atoms with Gasteiger partial charge < -0.3 is 19.5 Å². The number of hydrogen-bond donors (Lipinski definition) is 1. The smallest absolute Gasteiger partial charge is 0.321 e. The maximum Gasteiger partial charge on any atom is 0.321 e. The molecule has 0 aliphatic carbocycles. The third-order valence-electron chi connectivity index (χ3n) is 4.02. The van der Waals surface area contributed by atoms with Crippen LogP contribution in [-0.2, 0) is 6.54 Å². The quantitative estimate of drug-likeness (QED) is 0.899. The van der Waals surface area contributed by atoms with E-state index in [1.54, 1.807) is 24.2 Å². The number of aromatic nitrogens is 1. The SMILES string of the molecule is CCOc1ccc(NC(=O)N2CCN(Cc3ccon3)CC2)cc1F. The molecule has 1 aliphatic heterocycles. The lowest BCUT2D eigenvalue weighted by molar-refractivity contribution is 0.141. The van der Waals surface area contributed by atoms with E-state index in [-0.39, 0.29) is 11.8 Å². The van der Waals surface area contributed by atoms with Crippen LogP contribution in [0, 0.1) is 5.82 Å². The van der Waals surface area contributed by atoms with Gasteiger partial charge in [-0.15, -0.1) is 0 Å². The van der Waals surface area contributed by atoms with Crippen molar-refractivity contribution in [2.24, 2.45) is 0 Å². The zero-order valence-electron chi connectivity index (χ0n) is 14.1. The van der Waals surface area contributed by atoms with Gasteiger partial charge in [-0.1, -0.05) is 5.16 Å². The van der Waals surface area contributed by atoms with Crippen molar-refractivity contribution >= 4 is 11.7 Å². The molecule has 1 aliphatic rings. The summed E-state index contributed by atoms with van der Waals surface area (Å²) < 4.78 is 23.8. The van der Waals surface area contributed by atoms with Crippen LogP contribution in [-0.4, -0.2) is 53.8 Å². The summed E-state index contributed by atoms with van der Waals surface area (Å²) in [5.41, 5.74) is 1.29. The third-order valence-corrected chi connectivity index (χ3v) is 4.02. The molecule has 0 radical (unpaired) electrons. The minimum Gasteiger partial charge on any atom is -0.491 e. The van der Waals surface area contributed by atoms with Crippen molar-refractivity contribution in [3.05, 3.63) is 42.0 Å². The zero-order valence-corrected chi connectivity index (χ0v) is 14.1. The molecule has 0 bridgehead atoms. The minimum atomic E-state index is -0.489. The molecule has 7 nitrogen and oxygen atoms in total. The van der Waals surface area contributed by atoms with Crippen molar-refractivity contribution in [2.45, 2.75) is 13.5 Å². The number of benzene rings is 1. The number of carbonyl (C=O) groups excluding carboxylic acids is 1. The normalized spacial score (nSPS) is 15.2. The van der Waals surface area contributed by atoms with Gasteiger partial charge in [0.05, 0.1) is 12.3 Å². The first-order chi connectivity index (χ1) is 12.2. The van der Waals surface area contributed by atoms with Gasteiger partial charge in [0, 0.05) is 50.5 Å². The molecule has 1 aromatic heterocycles. The van der Waals surface area contributed by atoms with E-state index >= 15 is 0 Å². The molecule has 8 heteroatoms. The molecule has 134 valence electrons. The van der Waals surface area contributed by atoms with E-state index in [1.807, 2.05) is 6.07 Å². The largest absolute Gasteiger partial charge is 0.491 e. The Morgan fingerprint density at radius 1 is 1.32 bits per heavy atom. The molecule has 1 N–H and O–H groups in total. The van der Waals surface area contributed by atoms with Gasteiger partial charge in [-0.2, -0.15) is 0 Å². The van der Waals surface area contributed by atoms with Crippen LogP contribution in [0.5, 0.6) is 5.75 Å². The highest BCUT2D eigenvalue weighted by atomic mass is 19.1. The second-order valence-corrected chi connectivity index (χ2v) is 5.76. The van der Waals surface area contributed by atoms with Gasteiger partial charge in [0.1, 0.15) is 6.26 Å². The standard InChI is InChI=1S/C17H21FN4O3/c1-2-24-16-4-3-13(11-15(16)18)19-17(23)22-8-6-21(7-9-22)12-14-5-10-25-20-14/h3-5,10-11H,2,6-9,12H2,1H3,(H,19,23). The number of nitrogens with zero attached hydrogens (tertiary/aromatic N) is 3. The summed E-state index contributed by atoms with van der Waals surface area (Å²) in [6.07, 6.45) is 1.55. The number of halogens is 1. The lowest BCUT2D eigenvalue weighted by atomic mass is 10.2. The van der Waals surface area contributed by atoms with Crippen LogP contribution in [0.4, 0.5) is 14.9 Å². The molecule has 3 rings (SSSR count). The highest BCUT2D eigenvalue weighted by Crippen LogP contribution is 2.21. The highest BCUT2D eigenvalue weighted by Gasteiger charge is 2.22. The van der Waals surface area contributed by atoms with E-state index in [1.165, 1.54) is 12.1 Å². The Labute approximate surface area is 145 Å². The summed E-state index contributed by atoms with van der Waals surface area (Å²) in [6, 6.07) is 6.02. The van der Waals surface area contributed by atoms with Crippen molar-refractivity contribution in [2.75, 3.05) is 38.1 Å². The summed E-state index contributed by atoms with van der Waals surface area (Å²) in [5.74, 6) is -0.306. The first-order valence-corrected chi connectivity index (χ1v) is 8.25. The number of urea groups is 1. The fourth-order valence-corrected chi connectivity index (χ4v) is 2.71. The Bertz CT molecular complexity index is 700. The number of amides is 2. The van der Waals surface area contributed by atoms with E-state index in [0.717, 1.165) is 18.8 Å². The van der Waals surface area contributed by atoms with Crippen LogP contribution >= 0.6 is 0 Å². The molecule has 1 saturated heterocycles. The summed E-state index contributed by atoms with van der Waals surface area (Å²) >= 11 is 0. The van der Waals surface area contributed by atoms with Gasteiger partial charge in [-0.25, -0.2) is 9.18 Å². The Morgan fingerprint density at radius 3 is 2.76 bits per heavy atom. The van der Waals surface area contributed by atoms with E-state index in [9.17, 15) is 9.18 Å². The number of piperazine rings is 1. The first kappa shape index (κ1) is 17.2. The van der Waals surface area contributed by atoms with Crippen molar-refractivity contribution in [1.29, 1.82) is 0 Å². The average molecular weight is 348 g/mol. The number of anilines is 1. The summed E-state index contributed by atoms with van der Waals surface area (Å²) in [5, 5.41) is 6.62. The summed E-state index contributed by atoms with van der Waals surface area (Å²) in [7, 11) is 0. The Morgan fingerprint density at radius 2 is 2.12 bits per heavy atom. The molecular weight excluding hydrogens is 327 g/mol. The van der Waals surface area contributed by atoms with Crippen LogP contribution < -0.4 is 10.1 Å². The van der Waals surface area contributed by atoms with Crippen LogP contribution in [0.1, 0.15) is 12.6 Å². The molecule has 25 heavy (non-hydrogen) atoms. The Kier molecular flexibility index (Phi) is 5.49. The number of carbonyl (C=O) groups is 1. The second kappa shape index (κ2) is 7.98. The van der Waals surface area contributed by atoms with E-state index in [2.05, 4.69) is 15.4 Å². The van der Waals surface area contributed by atoms with Crippen LogP contribution in [0.15, 0.2) is 35.1 Å². The zero-order chi connectivity index (χ0) is 17.6. The molecule has 0 atom stereocenters. The molecule has 2 amide bonds. The summed E-state index contributed by atoms with van der Waals surface area (Å²) in [4.78, 5) is 16.3. The molecule has 1 aromatic carbocycles. The topological polar surface area (TPSA) is 70.8 Å². The molecule has 0 unspecified atom stereocenters. The highest BCUT2D eigenvalue weighted by molar-refractivity contribution is 5.89. The van der Waals surface area contributed by atoms with Crippen molar-refractivity contribution in [1.82, 2.24) is 15.0 Å². The van der Waals surface area contributed by atoms with Gasteiger partial charge in [0.25, 0.3) is 0 Å². The summed E-state index contributed by atoms with van der Waals surface area (Å²) in [6.45, 7) is 5.58. The van der Waals surface area contributed by atoms with Gasteiger partial charge in [0.15, 0.2) is 11.6 Å². The predicted molar refractivity (Wildman–Crippen MR) is 89.9 cm³/mol. The Balaban J connectivity index is 1.50. The van der Waals surface area contributed by atoms with Gasteiger partial charge in [-0.3, -0.25) is 4.90 Å². The molecule has 2 aromatic rings. The van der Waals surface area contributed by atoms with E-state index < -0.39 is 5.82 Å². The van der Waals surface area contributed by atoms with Crippen LogP contribution in [0.25, 0.3) is 0 Å². The molecule has 0 spiro atoms. The van der Waals surface area contributed by atoms with Gasteiger partial charge in [-0.05, 0) is 19.1 Å². The maximum absolute atomic E-state index is 13.9. The number of hydrogen-bond acceptors (Lipinski definition) is 5. The maximum atomic E-state index is 13.9. The van der Waals surface area contributed by atoms with Crippen molar-refractivity contribution in [3.63, 3.8) is 0 Å². The molecule has 1 fully saturated rings. The van der Waals surface area contributed by atoms with Crippen LogP contribution in [0.2, 0.25) is 0 Å².